The zero-order valence-corrected chi connectivity index (χ0v) is 14.3. The van der Waals surface area contributed by atoms with Crippen LogP contribution in [-0.4, -0.2) is 55.0 Å². The number of hydrogen-bond acceptors (Lipinski definition) is 4. The molecule has 1 heterocycles. The molecule has 1 aliphatic rings. The van der Waals surface area contributed by atoms with Crippen molar-refractivity contribution in [1.29, 1.82) is 0 Å². The lowest BCUT2D eigenvalue weighted by molar-refractivity contribution is 0.0255. The van der Waals surface area contributed by atoms with E-state index in [1.54, 1.807) is 0 Å². The number of carbonyl (C=O) groups is 1. The summed E-state index contributed by atoms with van der Waals surface area (Å²) in [5.41, 5.74) is -0.421. The van der Waals surface area contributed by atoms with Gasteiger partial charge in [0, 0.05) is 25.7 Å². The van der Waals surface area contributed by atoms with Crippen LogP contribution in [0.2, 0.25) is 0 Å². The van der Waals surface area contributed by atoms with E-state index in [-0.39, 0.29) is 12.2 Å². The standard InChI is InChI=1S/C16H32N2O3/c1-13(2)20-12-9-17-14-7-6-10-18(11-8-14)15(19)21-16(3,4)5/h13-14,17H,6-12H2,1-5H3. The summed E-state index contributed by atoms with van der Waals surface area (Å²) in [7, 11) is 0. The van der Waals surface area contributed by atoms with E-state index in [1.165, 1.54) is 0 Å². The summed E-state index contributed by atoms with van der Waals surface area (Å²) in [5, 5.41) is 3.52. The quantitative estimate of drug-likeness (QED) is 0.793. The number of likely N-dealkylation sites (tertiary alicyclic amines) is 1. The SMILES string of the molecule is CC(C)OCCNC1CCCN(C(=O)OC(C)(C)C)CC1. The molecule has 1 unspecified atom stereocenters. The Balaban J connectivity index is 2.28. The van der Waals surface area contributed by atoms with Crippen LogP contribution in [0.15, 0.2) is 0 Å². The second-order valence-corrected chi connectivity index (χ2v) is 6.97. The molecule has 0 spiro atoms. The summed E-state index contributed by atoms with van der Waals surface area (Å²) < 4.78 is 11.0. The van der Waals surface area contributed by atoms with Gasteiger partial charge in [-0.1, -0.05) is 0 Å². The summed E-state index contributed by atoms with van der Waals surface area (Å²) >= 11 is 0. The van der Waals surface area contributed by atoms with Gasteiger partial charge in [0.25, 0.3) is 0 Å². The van der Waals surface area contributed by atoms with Crippen molar-refractivity contribution in [1.82, 2.24) is 10.2 Å². The fourth-order valence-corrected chi connectivity index (χ4v) is 2.37. The third kappa shape index (κ3) is 8.27. The van der Waals surface area contributed by atoms with Crippen LogP contribution >= 0.6 is 0 Å². The Bertz CT molecular complexity index is 313. The minimum absolute atomic E-state index is 0.189. The zero-order valence-electron chi connectivity index (χ0n) is 14.3. The molecule has 0 bridgehead atoms. The van der Waals surface area contributed by atoms with Crippen molar-refractivity contribution in [3.8, 4) is 0 Å². The molecular formula is C16H32N2O3. The number of ether oxygens (including phenoxy) is 2. The highest BCUT2D eigenvalue weighted by Gasteiger charge is 2.24. The Morgan fingerprint density at radius 1 is 1.29 bits per heavy atom. The van der Waals surface area contributed by atoms with E-state index in [4.69, 9.17) is 9.47 Å². The first-order valence-corrected chi connectivity index (χ1v) is 8.11. The van der Waals surface area contributed by atoms with E-state index in [9.17, 15) is 4.79 Å². The Labute approximate surface area is 129 Å². The van der Waals surface area contributed by atoms with E-state index in [2.05, 4.69) is 5.32 Å². The second kappa shape index (κ2) is 8.59. The molecule has 1 atom stereocenters. The van der Waals surface area contributed by atoms with Crippen molar-refractivity contribution in [2.45, 2.75) is 71.6 Å². The Morgan fingerprint density at radius 3 is 2.62 bits per heavy atom. The molecule has 124 valence electrons. The van der Waals surface area contributed by atoms with Gasteiger partial charge < -0.3 is 19.7 Å². The Hall–Kier alpha value is -0.810. The van der Waals surface area contributed by atoms with Gasteiger partial charge in [0.1, 0.15) is 5.60 Å². The van der Waals surface area contributed by atoms with E-state index >= 15 is 0 Å². The molecule has 1 rings (SSSR count). The average molecular weight is 300 g/mol. The van der Waals surface area contributed by atoms with Gasteiger partial charge in [0.2, 0.25) is 0 Å². The van der Waals surface area contributed by atoms with Gasteiger partial charge >= 0.3 is 6.09 Å². The van der Waals surface area contributed by atoms with Crippen LogP contribution in [0.5, 0.6) is 0 Å². The fraction of sp³-hybridized carbons (Fsp3) is 0.938. The summed E-state index contributed by atoms with van der Waals surface area (Å²) in [6.45, 7) is 13.0. The van der Waals surface area contributed by atoms with Crippen molar-refractivity contribution in [3.05, 3.63) is 0 Å². The van der Waals surface area contributed by atoms with Gasteiger partial charge in [-0.3, -0.25) is 0 Å². The highest BCUT2D eigenvalue weighted by molar-refractivity contribution is 5.68. The van der Waals surface area contributed by atoms with Crippen molar-refractivity contribution in [3.63, 3.8) is 0 Å². The number of amides is 1. The van der Waals surface area contributed by atoms with Crippen LogP contribution in [0, 0.1) is 0 Å². The van der Waals surface area contributed by atoms with Gasteiger partial charge in [0.05, 0.1) is 12.7 Å². The molecule has 0 aromatic heterocycles. The molecule has 0 aromatic carbocycles. The lowest BCUT2D eigenvalue weighted by Crippen LogP contribution is -2.38. The molecule has 5 nitrogen and oxygen atoms in total. The Kier molecular flexibility index (Phi) is 7.46. The maximum absolute atomic E-state index is 12.1. The van der Waals surface area contributed by atoms with Crippen LogP contribution in [0.4, 0.5) is 4.79 Å². The third-order valence-electron chi connectivity index (χ3n) is 3.37. The van der Waals surface area contributed by atoms with E-state index in [0.29, 0.717) is 6.04 Å². The Morgan fingerprint density at radius 2 is 2.00 bits per heavy atom. The van der Waals surface area contributed by atoms with Gasteiger partial charge in [-0.25, -0.2) is 4.79 Å². The normalized spacial score (nSPS) is 20.5. The third-order valence-corrected chi connectivity index (χ3v) is 3.37. The number of nitrogens with one attached hydrogen (secondary N) is 1. The zero-order chi connectivity index (χ0) is 15.9. The molecule has 1 N–H and O–H groups in total. The molecule has 0 aliphatic carbocycles. The summed E-state index contributed by atoms with van der Waals surface area (Å²) in [5.74, 6) is 0. The number of nitrogens with zero attached hydrogens (tertiary/aromatic N) is 1. The molecule has 0 saturated carbocycles. The molecule has 1 aliphatic heterocycles. The first-order chi connectivity index (χ1) is 9.78. The van der Waals surface area contributed by atoms with Crippen molar-refractivity contribution in [2.75, 3.05) is 26.2 Å². The lowest BCUT2D eigenvalue weighted by atomic mass is 10.1. The molecule has 1 fully saturated rings. The van der Waals surface area contributed by atoms with Crippen molar-refractivity contribution < 1.29 is 14.3 Å². The predicted molar refractivity (Wildman–Crippen MR) is 84.5 cm³/mol. The highest BCUT2D eigenvalue weighted by Crippen LogP contribution is 2.15. The van der Waals surface area contributed by atoms with Crippen molar-refractivity contribution in [2.24, 2.45) is 0 Å². The van der Waals surface area contributed by atoms with Gasteiger partial charge in [-0.2, -0.15) is 0 Å². The average Bonchev–Trinajstić information content (AvgIpc) is 2.58. The predicted octanol–water partition coefficient (Wildman–Crippen LogP) is 2.79. The lowest BCUT2D eigenvalue weighted by Gasteiger charge is -2.26. The minimum atomic E-state index is -0.421. The molecule has 1 amide bonds. The van der Waals surface area contributed by atoms with Gasteiger partial charge in [-0.05, 0) is 53.9 Å². The summed E-state index contributed by atoms with van der Waals surface area (Å²) in [4.78, 5) is 13.9. The minimum Gasteiger partial charge on any atom is -0.444 e. The molecule has 21 heavy (non-hydrogen) atoms. The summed E-state index contributed by atoms with van der Waals surface area (Å²) in [6.07, 6.45) is 3.18. The first-order valence-electron chi connectivity index (χ1n) is 8.11. The maximum atomic E-state index is 12.1. The van der Waals surface area contributed by atoms with Crippen molar-refractivity contribution >= 4 is 6.09 Å². The van der Waals surface area contributed by atoms with Gasteiger partial charge in [-0.15, -0.1) is 0 Å². The molecule has 5 heteroatoms. The van der Waals surface area contributed by atoms with E-state index in [0.717, 1.165) is 45.5 Å². The second-order valence-electron chi connectivity index (χ2n) is 6.97. The van der Waals surface area contributed by atoms with Crippen LogP contribution in [0.1, 0.15) is 53.9 Å². The first kappa shape index (κ1) is 18.2. The topological polar surface area (TPSA) is 50.8 Å². The number of carbonyl (C=O) groups excluding carboxylic acids is 1. The largest absolute Gasteiger partial charge is 0.444 e. The maximum Gasteiger partial charge on any atom is 0.410 e. The molecule has 0 aromatic rings. The van der Waals surface area contributed by atoms with E-state index in [1.807, 2.05) is 39.5 Å². The monoisotopic (exact) mass is 300 g/mol. The van der Waals surface area contributed by atoms with Crippen LogP contribution in [-0.2, 0) is 9.47 Å². The smallest absolute Gasteiger partial charge is 0.410 e. The summed E-state index contributed by atoms with van der Waals surface area (Å²) in [6, 6.07) is 0.466. The van der Waals surface area contributed by atoms with Crippen LogP contribution in [0.3, 0.4) is 0 Å². The molecule has 1 saturated heterocycles. The fourth-order valence-electron chi connectivity index (χ4n) is 2.37. The van der Waals surface area contributed by atoms with Gasteiger partial charge in [0.15, 0.2) is 0 Å². The molecular weight excluding hydrogens is 268 g/mol. The van der Waals surface area contributed by atoms with Crippen LogP contribution < -0.4 is 5.32 Å². The number of rotatable bonds is 5. The van der Waals surface area contributed by atoms with E-state index < -0.39 is 5.60 Å². The molecule has 0 radical (unpaired) electrons. The number of hydrogen-bond donors (Lipinski definition) is 1. The van der Waals surface area contributed by atoms with Crippen LogP contribution in [0.25, 0.3) is 0 Å². The highest BCUT2D eigenvalue weighted by atomic mass is 16.6.